The molecule has 1 aliphatic heterocycles. The molecule has 0 fully saturated rings. The van der Waals surface area contributed by atoms with E-state index < -0.39 is 5.66 Å². The Labute approximate surface area is 143 Å². The van der Waals surface area contributed by atoms with Gasteiger partial charge in [-0.3, -0.25) is 0 Å². The van der Waals surface area contributed by atoms with E-state index in [1.54, 1.807) is 0 Å². The molecule has 3 heteroatoms. The summed E-state index contributed by atoms with van der Waals surface area (Å²) in [5.74, 6) is 0. The molecule has 1 atom stereocenters. The summed E-state index contributed by atoms with van der Waals surface area (Å²) in [6.45, 7) is 5.30. The Morgan fingerprint density at radius 3 is 2.22 bits per heavy atom. The third-order valence-electron chi connectivity index (χ3n) is 4.41. The Hall–Kier alpha value is -2.00. The monoisotopic (exact) mass is 322 g/mol. The predicted molar refractivity (Wildman–Crippen MR) is 101 cm³/mol. The molecule has 118 valence electrons. The van der Waals surface area contributed by atoms with Crippen molar-refractivity contribution in [1.82, 2.24) is 4.90 Å². The number of nitrogens with zero attached hydrogens (tertiary/aromatic N) is 2. The highest BCUT2D eigenvalue weighted by Gasteiger charge is 2.42. The van der Waals surface area contributed by atoms with Gasteiger partial charge in [0, 0.05) is 12.1 Å². The van der Waals surface area contributed by atoms with Crippen LogP contribution < -0.4 is 0 Å². The number of thiocarbonyl (C=S) groups is 1. The molecular weight excluding hydrogens is 300 g/mol. The number of hydrogen-bond acceptors (Lipinski definition) is 2. The lowest BCUT2D eigenvalue weighted by molar-refractivity contribution is 0.220. The van der Waals surface area contributed by atoms with Gasteiger partial charge in [-0.05, 0) is 18.9 Å². The van der Waals surface area contributed by atoms with Crippen LogP contribution in [0.1, 0.15) is 37.8 Å². The van der Waals surface area contributed by atoms with E-state index in [-0.39, 0.29) is 0 Å². The van der Waals surface area contributed by atoms with Gasteiger partial charge < -0.3 is 4.90 Å². The van der Waals surface area contributed by atoms with Crippen molar-refractivity contribution in [3.63, 3.8) is 0 Å². The van der Waals surface area contributed by atoms with Gasteiger partial charge in [0.25, 0.3) is 0 Å². The summed E-state index contributed by atoms with van der Waals surface area (Å²) < 4.78 is 0. The van der Waals surface area contributed by atoms with Crippen molar-refractivity contribution in [2.24, 2.45) is 4.99 Å². The Balaban J connectivity index is 2.06. The quantitative estimate of drug-likeness (QED) is 0.735. The fourth-order valence-corrected chi connectivity index (χ4v) is 3.48. The lowest BCUT2D eigenvalue weighted by Gasteiger charge is -2.35. The van der Waals surface area contributed by atoms with E-state index in [1.807, 2.05) is 24.3 Å². The van der Waals surface area contributed by atoms with Crippen molar-refractivity contribution < 1.29 is 0 Å². The summed E-state index contributed by atoms with van der Waals surface area (Å²) in [5, 5.41) is 0. The van der Waals surface area contributed by atoms with Crippen molar-refractivity contribution in [3.8, 4) is 0 Å². The molecular formula is C20H22N2S. The lowest BCUT2D eigenvalue weighted by atomic mass is 10.0. The van der Waals surface area contributed by atoms with Crippen LogP contribution in [0.5, 0.6) is 0 Å². The van der Waals surface area contributed by atoms with Crippen LogP contribution in [-0.2, 0) is 5.66 Å². The van der Waals surface area contributed by atoms with Crippen LogP contribution in [0.15, 0.2) is 65.7 Å². The summed E-state index contributed by atoms with van der Waals surface area (Å²) in [5.41, 5.74) is 2.80. The Kier molecular flexibility index (Phi) is 4.58. The molecule has 0 saturated heterocycles. The minimum Gasteiger partial charge on any atom is -0.333 e. The van der Waals surface area contributed by atoms with Crippen LogP contribution in [0.3, 0.4) is 0 Å². The standard InChI is InChI=1S/C20H22N2S/c1-3-4-15-22-19(23)18(16-11-7-5-8-12-16)21-20(22,2)17-13-9-6-10-14-17/h5-14H,3-4,15H2,1-2H3. The first-order valence-electron chi connectivity index (χ1n) is 8.19. The minimum atomic E-state index is -0.418. The van der Waals surface area contributed by atoms with Gasteiger partial charge >= 0.3 is 0 Å². The molecule has 3 rings (SSSR count). The van der Waals surface area contributed by atoms with E-state index in [9.17, 15) is 0 Å². The number of benzene rings is 2. The van der Waals surface area contributed by atoms with E-state index in [0.717, 1.165) is 35.7 Å². The van der Waals surface area contributed by atoms with Crippen LogP contribution >= 0.6 is 12.2 Å². The van der Waals surface area contributed by atoms with Gasteiger partial charge in [0.15, 0.2) is 5.66 Å². The second-order valence-corrected chi connectivity index (χ2v) is 6.41. The topological polar surface area (TPSA) is 15.6 Å². The largest absolute Gasteiger partial charge is 0.333 e. The van der Waals surface area contributed by atoms with Gasteiger partial charge in [-0.15, -0.1) is 0 Å². The maximum absolute atomic E-state index is 5.80. The molecule has 2 aromatic carbocycles. The van der Waals surface area contributed by atoms with E-state index in [1.165, 1.54) is 5.56 Å². The highest BCUT2D eigenvalue weighted by atomic mass is 32.1. The van der Waals surface area contributed by atoms with Gasteiger partial charge in [0.2, 0.25) is 0 Å². The van der Waals surface area contributed by atoms with Gasteiger partial charge in [-0.2, -0.15) is 0 Å². The molecule has 1 heterocycles. The molecule has 0 radical (unpaired) electrons. The Bertz CT molecular complexity index is 709. The highest BCUT2D eigenvalue weighted by Crippen LogP contribution is 2.36. The third kappa shape index (κ3) is 2.93. The van der Waals surface area contributed by atoms with E-state index in [4.69, 9.17) is 17.2 Å². The zero-order valence-electron chi connectivity index (χ0n) is 13.7. The van der Waals surface area contributed by atoms with Crippen molar-refractivity contribution >= 4 is 22.9 Å². The molecule has 2 nitrogen and oxygen atoms in total. The number of rotatable bonds is 5. The Morgan fingerprint density at radius 2 is 1.61 bits per heavy atom. The van der Waals surface area contributed by atoms with Gasteiger partial charge in [-0.1, -0.05) is 86.2 Å². The average Bonchev–Trinajstić information content (AvgIpc) is 2.87. The van der Waals surface area contributed by atoms with E-state index in [0.29, 0.717) is 0 Å². The second-order valence-electron chi connectivity index (χ2n) is 6.02. The van der Waals surface area contributed by atoms with Crippen molar-refractivity contribution in [3.05, 3.63) is 71.8 Å². The first-order chi connectivity index (χ1) is 11.2. The molecule has 0 bridgehead atoms. The molecule has 0 N–H and O–H groups in total. The lowest BCUT2D eigenvalue weighted by Crippen LogP contribution is -2.42. The molecule has 1 unspecified atom stereocenters. The van der Waals surface area contributed by atoms with Crippen LogP contribution in [0, 0.1) is 0 Å². The molecule has 0 aliphatic carbocycles. The van der Waals surface area contributed by atoms with Crippen molar-refractivity contribution in [2.75, 3.05) is 6.54 Å². The summed E-state index contributed by atoms with van der Waals surface area (Å²) in [4.78, 5) is 8.22. The smallest absolute Gasteiger partial charge is 0.156 e. The molecule has 1 aliphatic rings. The zero-order valence-corrected chi connectivity index (χ0v) is 14.5. The van der Waals surface area contributed by atoms with Crippen molar-refractivity contribution in [2.45, 2.75) is 32.4 Å². The zero-order chi connectivity index (χ0) is 16.3. The van der Waals surface area contributed by atoms with Crippen LogP contribution in [0.4, 0.5) is 0 Å². The van der Waals surface area contributed by atoms with Crippen LogP contribution in [0.25, 0.3) is 0 Å². The highest BCUT2D eigenvalue weighted by molar-refractivity contribution is 7.82. The van der Waals surface area contributed by atoms with Gasteiger partial charge in [0.1, 0.15) is 10.7 Å². The summed E-state index contributed by atoms with van der Waals surface area (Å²) in [6.07, 6.45) is 2.25. The maximum atomic E-state index is 5.80. The first-order valence-corrected chi connectivity index (χ1v) is 8.60. The number of aliphatic imine (C=N–C) groups is 1. The third-order valence-corrected chi connectivity index (χ3v) is 4.82. The number of hydrogen-bond donors (Lipinski definition) is 0. The Morgan fingerprint density at radius 1 is 1.00 bits per heavy atom. The molecule has 0 saturated carbocycles. The van der Waals surface area contributed by atoms with Crippen LogP contribution in [-0.4, -0.2) is 22.1 Å². The van der Waals surface area contributed by atoms with E-state index in [2.05, 4.69) is 55.1 Å². The minimum absolute atomic E-state index is 0.418. The normalized spacial score (nSPS) is 20.7. The summed E-state index contributed by atoms with van der Waals surface area (Å²) >= 11 is 5.80. The fourth-order valence-electron chi connectivity index (χ4n) is 3.05. The average molecular weight is 322 g/mol. The molecule has 0 amide bonds. The van der Waals surface area contributed by atoms with Crippen LogP contribution in [0.2, 0.25) is 0 Å². The van der Waals surface area contributed by atoms with Gasteiger partial charge in [-0.25, -0.2) is 4.99 Å². The first kappa shape index (κ1) is 15.9. The van der Waals surface area contributed by atoms with Gasteiger partial charge in [0.05, 0.1) is 0 Å². The van der Waals surface area contributed by atoms with E-state index >= 15 is 0 Å². The molecule has 2 aromatic rings. The fraction of sp³-hybridized carbons (Fsp3) is 0.300. The SMILES string of the molecule is CCCCN1C(=S)C(c2ccccc2)=NC1(C)c1ccccc1. The molecule has 0 aromatic heterocycles. The molecule has 0 spiro atoms. The predicted octanol–water partition coefficient (Wildman–Crippen LogP) is 4.79. The summed E-state index contributed by atoms with van der Waals surface area (Å²) in [7, 11) is 0. The van der Waals surface area contributed by atoms with Crippen molar-refractivity contribution in [1.29, 1.82) is 0 Å². The summed E-state index contributed by atoms with van der Waals surface area (Å²) in [6, 6.07) is 20.7. The molecule has 23 heavy (non-hydrogen) atoms. The maximum Gasteiger partial charge on any atom is 0.156 e. The number of unbranched alkanes of at least 4 members (excludes halogenated alkanes) is 1. The second kappa shape index (κ2) is 6.63.